The molecule has 1 atom stereocenters. The van der Waals surface area contributed by atoms with Gasteiger partial charge >= 0.3 is 0 Å². The van der Waals surface area contributed by atoms with Crippen molar-refractivity contribution in [3.8, 4) is 0 Å². The Kier molecular flexibility index (Phi) is 7.89. The molecule has 0 saturated heterocycles. The third-order valence-electron chi connectivity index (χ3n) is 2.04. The number of thioether (sulfide) groups is 1. The molecule has 0 aliphatic heterocycles. The van der Waals surface area contributed by atoms with Crippen molar-refractivity contribution in [2.24, 2.45) is 5.73 Å². The summed E-state index contributed by atoms with van der Waals surface area (Å²) in [5.41, 5.74) is 5.88. The predicted octanol–water partition coefficient (Wildman–Crippen LogP) is 1.56. The van der Waals surface area contributed by atoms with Gasteiger partial charge in [-0.05, 0) is 26.2 Å². The topological polar surface area (TPSA) is 99.1 Å². The third kappa shape index (κ3) is 6.31. The Morgan fingerprint density at radius 3 is 2.56 bits per heavy atom. The van der Waals surface area contributed by atoms with Crippen LogP contribution in [0.15, 0.2) is 18.3 Å². The van der Waals surface area contributed by atoms with Gasteiger partial charge in [-0.15, -0.1) is 0 Å². The lowest BCUT2D eigenvalue weighted by atomic mass is 10.3. The Morgan fingerprint density at radius 2 is 2.28 bits per heavy atom. The molecule has 7 heteroatoms. The number of aryl methyl sites for hydroxylation is 1. The summed E-state index contributed by atoms with van der Waals surface area (Å²) >= 11 is 1.59. The number of nitrogens with two attached hydrogens (primary N) is 1. The molecule has 0 radical (unpaired) electrons. The highest BCUT2D eigenvalue weighted by atomic mass is 32.2. The molecule has 1 aromatic heterocycles. The van der Waals surface area contributed by atoms with E-state index >= 15 is 0 Å². The quantitative estimate of drug-likeness (QED) is 0.659. The van der Waals surface area contributed by atoms with Gasteiger partial charge in [-0.2, -0.15) is 11.8 Å². The fourth-order valence-corrected chi connectivity index (χ4v) is 1.56. The van der Waals surface area contributed by atoms with Crippen molar-refractivity contribution < 1.29 is 9.72 Å². The number of rotatable bonds is 4. The molecule has 1 aromatic rings. The molecule has 0 bridgehead atoms. The molecule has 1 unspecified atom stereocenters. The molecule has 6 nitrogen and oxygen atoms in total. The Bertz CT molecular complexity index is 412. The minimum Gasteiger partial charge on any atom is -0.321 e. The Morgan fingerprint density at radius 1 is 1.67 bits per heavy atom. The molecule has 1 heterocycles. The molecule has 1 rings (SSSR count). The first-order valence-corrected chi connectivity index (χ1v) is 6.60. The summed E-state index contributed by atoms with van der Waals surface area (Å²) in [6.07, 6.45) is 3.46. The minimum atomic E-state index is -0.442. The van der Waals surface area contributed by atoms with Crippen LogP contribution in [-0.4, -0.2) is 33.7 Å². The number of Topliss-reactive ketones (excluding diaryl/α,β-unsaturated/α-hetero) is 1. The maximum atomic E-state index is 10.4. The van der Waals surface area contributed by atoms with E-state index in [4.69, 9.17) is 5.73 Å². The van der Waals surface area contributed by atoms with Crippen molar-refractivity contribution >= 4 is 23.2 Å². The van der Waals surface area contributed by atoms with E-state index in [1.165, 1.54) is 19.2 Å². The number of carbonyl (C=O) groups excluding carboxylic acids is 1. The van der Waals surface area contributed by atoms with E-state index in [2.05, 4.69) is 4.98 Å². The number of ketones is 1. The van der Waals surface area contributed by atoms with E-state index < -0.39 is 4.92 Å². The first-order valence-electron chi connectivity index (χ1n) is 5.21. The Balaban J connectivity index is 0.000000331. The van der Waals surface area contributed by atoms with Crippen LogP contribution in [0.2, 0.25) is 0 Å². The van der Waals surface area contributed by atoms with Gasteiger partial charge in [-0.3, -0.25) is 19.9 Å². The van der Waals surface area contributed by atoms with E-state index in [1.54, 1.807) is 24.8 Å². The first kappa shape index (κ1) is 16.5. The molecule has 0 fully saturated rings. The zero-order valence-corrected chi connectivity index (χ0v) is 11.4. The lowest BCUT2D eigenvalue weighted by Crippen LogP contribution is -2.30. The van der Waals surface area contributed by atoms with Crippen LogP contribution in [0.25, 0.3) is 0 Å². The molecule has 0 spiro atoms. The summed E-state index contributed by atoms with van der Waals surface area (Å²) in [5, 5.41) is 10.2. The lowest BCUT2D eigenvalue weighted by molar-refractivity contribution is -0.385. The Labute approximate surface area is 110 Å². The average molecular weight is 271 g/mol. The fourth-order valence-electron chi connectivity index (χ4n) is 0.966. The summed E-state index contributed by atoms with van der Waals surface area (Å²) in [5.74, 6) is 0.800. The van der Waals surface area contributed by atoms with E-state index in [0.717, 1.165) is 5.75 Å². The van der Waals surface area contributed by atoms with Gasteiger partial charge in [0.15, 0.2) is 0 Å². The van der Waals surface area contributed by atoms with Crippen LogP contribution < -0.4 is 5.73 Å². The van der Waals surface area contributed by atoms with E-state index in [0.29, 0.717) is 5.69 Å². The monoisotopic (exact) mass is 271 g/mol. The Hall–Kier alpha value is -1.47. The number of hydrogen-bond acceptors (Lipinski definition) is 6. The number of nitro groups is 1. The standard InChI is InChI=1S/C6H6N2O2.C5H11NOS/c1-5-6(8(9)10)3-2-4-7-5;1-4(7)5(6)3-8-2/h2-4H,1H3;5H,3,6H2,1-2H3. The SMILES string of the molecule is CSCC(N)C(C)=O.Cc1ncccc1[N+](=O)[O-]. The van der Waals surface area contributed by atoms with Gasteiger partial charge in [0.2, 0.25) is 0 Å². The predicted molar refractivity (Wildman–Crippen MR) is 72.7 cm³/mol. The third-order valence-corrected chi connectivity index (χ3v) is 2.74. The van der Waals surface area contributed by atoms with Crippen LogP contribution in [0.4, 0.5) is 5.69 Å². The second-order valence-corrected chi connectivity index (χ2v) is 4.45. The largest absolute Gasteiger partial charge is 0.321 e. The highest BCUT2D eigenvalue weighted by molar-refractivity contribution is 7.98. The van der Waals surface area contributed by atoms with Crippen LogP contribution in [0, 0.1) is 17.0 Å². The molecule has 2 N–H and O–H groups in total. The van der Waals surface area contributed by atoms with Gasteiger partial charge in [-0.1, -0.05) is 0 Å². The van der Waals surface area contributed by atoms with E-state index in [1.807, 2.05) is 6.26 Å². The number of nitrogens with zero attached hydrogens (tertiary/aromatic N) is 2. The summed E-state index contributed by atoms with van der Waals surface area (Å²) in [7, 11) is 0. The molecule has 0 saturated carbocycles. The lowest BCUT2D eigenvalue weighted by Gasteiger charge is -2.02. The molecule has 100 valence electrons. The van der Waals surface area contributed by atoms with Crippen LogP contribution in [0.5, 0.6) is 0 Å². The van der Waals surface area contributed by atoms with Crippen molar-refractivity contribution in [2.45, 2.75) is 19.9 Å². The van der Waals surface area contributed by atoms with Gasteiger partial charge in [0.25, 0.3) is 5.69 Å². The van der Waals surface area contributed by atoms with Gasteiger partial charge in [0.1, 0.15) is 11.5 Å². The highest BCUT2D eigenvalue weighted by Gasteiger charge is 2.07. The number of aromatic nitrogens is 1. The van der Waals surface area contributed by atoms with Crippen molar-refractivity contribution in [2.75, 3.05) is 12.0 Å². The molecule has 18 heavy (non-hydrogen) atoms. The highest BCUT2D eigenvalue weighted by Crippen LogP contribution is 2.12. The second kappa shape index (κ2) is 8.60. The molecular weight excluding hydrogens is 254 g/mol. The summed E-state index contributed by atoms with van der Waals surface area (Å²) in [6.45, 7) is 3.12. The second-order valence-electron chi connectivity index (χ2n) is 3.54. The number of pyridine rings is 1. The zero-order valence-electron chi connectivity index (χ0n) is 10.6. The average Bonchev–Trinajstić information content (AvgIpc) is 2.30. The number of carbonyl (C=O) groups is 1. The van der Waals surface area contributed by atoms with Crippen molar-refractivity contribution in [3.63, 3.8) is 0 Å². The van der Waals surface area contributed by atoms with Gasteiger partial charge in [-0.25, -0.2) is 0 Å². The van der Waals surface area contributed by atoms with Crippen LogP contribution in [0.1, 0.15) is 12.6 Å². The van der Waals surface area contributed by atoms with Gasteiger partial charge < -0.3 is 5.73 Å². The first-order chi connectivity index (χ1) is 8.40. The molecule has 0 aromatic carbocycles. The smallest absolute Gasteiger partial charge is 0.290 e. The van der Waals surface area contributed by atoms with Crippen molar-refractivity contribution in [1.29, 1.82) is 0 Å². The van der Waals surface area contributed by atoms with E-state index in [9.17, 15) is 14.9 Å². The van der Waals surface area contributed by atoms with Crippen molar-refractivity contribution in [1.82, 2.24) is 4.98 Å². The number of hydrogen-bond donors (Lipinski definition) is 1. The van der Waals surface area contributed by atoms with Crippen molar-refractivity contribution in [3.05, 3.63) is 34.1 Å². The maximum absolute atomic E-state index is 10.4. The summed E-state index contributed by atoms with van der Waals surface area (Å²) < 4.78 is 0. The summed E-state index contributed by atoms with van der Waals surface area (Å²) in [6, 6.07) is 2.72. The minimum absolute atomic E-state index is 0.0688. The van der Waals surface area contributed by atoms with E-state index in [-0.39, 0.29) is 17.5 Å². The normalized spacial score (nSPS) is 11.1. The van der Waals surface area contributed by atoms with Crippen LogP contribution in [-0.2, 0) is 4.79 Å². The van der Waals surface area contributed by atoms with Gasteiger partial charge in [0.05, 0.1) is 11.0 Å². The zero-order chi connectivity index (χ0) is 14.1. The molecular formula is C11H17N3O3S. The van der Waals surface area contributed by atoms with Crippen LogP contribution >= 0.6 is 11.8 Å². The molecule has 0 aliphatic carbocycles. The van der Waals surface area contributed by atoms with Gasteiger partial charge in [0, 0.05) is 18.0 Å². The fraction of sp³-hybridized carbons (Fsp3) is 0.455. The summed E-state index contributed by atoms with van der Waals surface area (Å²) in [4.78, 5) is 23.9. The van der Waals surface area contributed by atoms with Crippen LogP contribution in [0.3, 0.4) is 0 Å². The maximum Gasteiger partial charge on any atom is 0.290 e. The molecule has 0 amide bonds. The molecule has 0 aliphatic rings.